The molecule has 2 heterocycles. The lowest BCUT2D eigenvalue weighted by molar-refractivity contribution is 0.177. The van der Waals surface area contributed by atoms with E-state index in [1.807, 2.05) is 38.1 Å². The van der Waals surface area contributed by atoms with Gasteiger partial charge < -0.3 is 4.74 Å². The maximum atomic E-state index is 12.4. The summed E-state index contributed by atoms with van der Waals surface area (Å²) < 4.78 is 34.8. The number of ether oxygens (including phenoxy) is 1. The number of rotatable bonds is 4. The molecule has 0 aliphatic carbocycles. The van der Waals surface area contributed by atoms with Crippen LogP contribution in [0, 0.1) is 0 Å². The van der Waals surface area contributed by atoms with E-state index in [1.165, 1.54) is 16.9 Å². The fourth-order valence-corrected chi connectivity index (χ4v) is 4.30. The molecule has 7 heteroatoms. The lowest BCUT2D eigenvalue weighted by atomic mass is 9.94. The average Bonchev–Trinajstić information content (AvgIpc) is 3.03. The first kappa shape index (κ1) is 15.1. The van der Waals surface area contributed by atoms with Crippen molar-refractivity contribution in [2.45, 2.75) is 36.9 Å². The number of hydrogen-bond donors (Lipinski definition) is 1. The van der Waals surface area contributed by atoms with E-state index >= 15 is 0 Å². The highest BCUT2D eigenvalue weighted by molar-refractivity contribution is 7.89. The molecule has 0 saturated heterocycles. The Hall–Kier alpha value is -1.86. The second-order valence-corrected chi connectivity index (χ2v) is 7.27. The Labute approximate surface area is 130 Å². The highest BCUT2D eigenvalue weighted by Crippen LogP contribution is 2.38. The van der Waals surface area contributed by atoms with Crippen molar-refractivity contribution < 1.29 is 13.2 Å². The van der Waals surface area contributed by atoms with E-state index < -0.39 is 10.0 Å². The molecule has 0 radical (unpaired) electrons. The average molecular weight is 321 g/mol. The van der Waals surface area contributed by atoms with E-state index in [2.05, 4.69) is 9.82 Å². The topological polar surface area (TPSA) is 73.2 Å². The molecule has 22 heavy (non-hydrogen) atoms. The summed E-state index contributed by atoms with van der Waals surface area (Å²) in [6.45, 7) is 3.87. The molecule has 3 rings (SSSR count). The first-order valence-corrected chi connectivity index (χ1v) is 8.64. The first-order chi connectivity index (χ1) is 10.4. The van der Waals surface area contributed by atoms with Crippen molar-refractivity contribution >= 4 is 10.0 Å². The number of hydrogen-bond acceptors (Lipinski definition) is 4. The van der Waals surface area contributed by atoms with Crippen molar-refractivity contribution in [3.63, 3.8) is 0 Å². The molecule has 0 amide bonds. The van der Waals surface area contributed by atoms with Gasteiger partial charge in [-0.05, 0) is 19.1 Å². The summed E-state index contributed by atoms with van der Waals surface area (Å²) in [5.41, 5.74) is 1.11. The van der Waals surface area contributed by atoms with Crippen LogP contribution in [0.1, 0.15) is 25.3 Å². The molecule has 0 saturated carbocycles. The lowest BCUT2D eigenvalue weighted by Gasteiger charge is -2.23. The third-order valence-electron chi connectivity index (χ3n) is 4.05. The van der Waals surface area contributed by atoms with Gasteiger partial charge in [-0.15, -0.1) is 0 Å². The van der Waals surface area contributed by atoms with Gasteiger partial charge in [0.05, 0.1) is 12.2 Å². The maximum absolute atomic E-state index is 12.4. The molecular formula is C15H19N3O3S. The molecule has 3 unspecified atom stereocenters. The van der Waals surface area contributed by atoms with Gasteiger partial charge in [0, 0.05) is 18.5 Å². The van der Waals surface area contributed by atoms with Gasteiger partial charge in [-0.25, -0.2) is 13.1 Å². The molecule has 1 aliphatic heterocycles. The third-order valence-corrected chi connectivity index (χ3v) is 5.68. The van der Waals surface area contributed by atoms with Crippen LogP contribution >= 0.6 is 0 Å². The zero-order valence-electron chi connectivity index (χ0n) is 12.7. The fourth-order valence-electron chi connectivity index (χ4n) is 2.92. The van der Waals surface area contributed by atoms with Gasteiger partial charge in [0.1, 0.15) is 11.9 Å². The van der Waals surface area contributed by atoms with Gasteiger partial charge in [-0.1, -0.05) is 25.1 Å². The molecule has 6 nitrogen and oxygen atoms in total. The maximum Gasteiger partial charge on any atom is 0.258 e. The third kappa shape index (κ3) is 2.50. The van der Waals surface area contributed by atoms with Crippen molar-refractivity contribution in [2.75, 3.05) is 0 Å². The van der Waals surface area contributed by atoms with Crippen molar-refractivity contribution in [3.8, 4) is 5.75 Å². The molecule has 0 bridgehead atoms. The van der Waals surface area contributed by atoms with Crippen LogP contribution in [-0.4, -0.2) is 30.3 Å². The predicted molar refractivity (Wildman–Crippen MR) is 82.3 cm³/mol. The van der Waals surface area contributed by atoms with Crippen molar-refractivity contribution in [1.29, 1.82) is 0 Å². The molecule has 1 N–H and O–H groups in total. The van der Waals surface area contributed by atoms with Crippen LogP contribution in [0.15, 0.2) is 41.6 Å². The van der Waals surface area contributed by atoms with Gasteiger partial charge in [0.15, 0.2) is 5.03 Å². The lowest BCUT2D eigenvalue weighted by Crippen LogP contribution is -2.44. The van der Waals surface area contributed by atoms with E-state index in [4.69, 9.17) is 4.74 Å². The fraction of sp³-hybridized carbons (Fsp3) is 0.400. The Morgan fingerprint density at radius 1 is 1.32 bits per heavy atom. The number of fused-ring (bicyclic) bond motifs is 1. The van der Waals surface area contributed by atoms with Crippen LogP contribution in [0.3, 0.4) is 0 Å². The van der Waals surface area contributed by atoms with E-state index in [0.717, 1.165) is 11.3 Å². The molecule has 118 valence electrons. The molecule has 1 aliphatic rings. The van der Waals surface area contributed by atoms with Gasteiger partial charge in [0.25, 0.3) is 10.0 Å². The molecule has 1 aromatic carbocycles. The van der Waals surface area contributed by atoms with Crippen LogP contribution in [0.5, 0.6) is 5.75 Å². The number of aryl methyl sites for hydroxylation is 1. The van der Waals surface area contributed by atoms with E-state index in [-0.39, 0.29) is 23.1 Å². The van der Waals surface area contributed by atoms with E-state index in [1.54, 1.807) is 7.05 Å². The number of aromatic nitrogens is 2. The van der Waals surface area contributed by atoms with Crippen LogP contribution in [0.4, 0.5) is 0 Å². The van der Waals surface area contributed by atoms with Crippen molar-refractivity contribution in [2.24, 2.45) is 7.05 Å². The van der Waals surface area contributed by atoms with E-state index in [9.17, 15) is 8.42 Å². The minimum absolute atomic E-state index is 0.125. The second kappa shape index (κ2) is 5.40. The number of benzene rings is 1. The zero-order chi connectivity index (χ0) is 15.9. The molecule has 3 atom stereocenters. The SMILES string of the molecule is CC(NS(=O)(=O)c1ccnn1C)C1Oc2ccccc2C1C. The molecule has 0 spiro atoms. The molecule has 2 aromatic rings. The summed E-state index contributed by atoms with van der Waals surface area (Å²) >= 11 is 0. The number of para-hydroxylation sites is 1. The van der Waals surface area contributed by atoms with Crippen LogP contribution in [0.25, 0.3) is 0 Å². The van der Waals surface area contributed by atoms with Crippen molar-refractivity contribution in [3.05, 3.63) is 42.1 Å². The van der Waals surface area contributed by atoms with Gasteiger partial charge >= 0.3 is 0 Å². The highest BCUT2D eigenvalue weighted by atomic mass is 32.2. The van der Waals surface area contributed by atoms with Crippen LogP contribution in [0.2, 0.25) is 0 Å². The second-order valence-electron chi connectivity index (χ2n) is 5.61. The number of nitrogens with zero attached hydrogens (tertiary/aromatic N) is 2. The highest BCUT2D eigenvalue weighted by Gasteiger charge is 2.36. The Bertz CT molecular complexity index is 785. The molecule has 1 aromatic heterocycles. The van der Waals surface area contributed by atoms with Gasteiger partial charge in [0.2, 0.25) is 0 Å². The number of sulfonamides is 1. The molecular weight excluding hydrogens is 302 g/mol. The molecule has 0 fully saturated rings. The number of nitrogens with one attached hydrogen (secondary N) is 1. The smallest absolute Gasteiger partial charge is 0.258 e. The Balaban J connectivity index is 1.79. The predicted octanol–water partition coefficient (Wildman–Crippen LogP) is 1.65. The summed E-state index contributed by atoms with van der Waals surface area (Å²) in [5, 5.41) is 4.04. The van der Waals surface area contributed by atoms with Crippen LogP contribution in [-0.2, 0) is 17.1 Å². The Morgan fingerprint density at radius 3 is 2.68 bits per heavy atom. The largest absolute Gasteiger partial charge is 0.488 e. The van der Waals surface area contributed by atoms with Gasteiger partial charge in [-0.3, -0.25) is 4.68 Å². The summed E-state index contributed by atoms with van der Waals surface area (Å²) in [6.07, 6.45) is 1.23. The summed E-state index contributed by atoms with van der Waals surface area (Å²) in [6, 6.07) is 8.92. The summed E-state index contributed by atoms with van der Waals surface area (Å²) in [5.74, 6) is 0.951. The minimum atomic E-state index is -3.62. The van der Waals surface area contributed by atoms with Crippen molar-refractivity contribution in [1.82, 2.24) is 14.5 Å². The van der Waals surface area contributed by atoms with E-state index in [0.29, 0.717) is 0 Å². The summed E-state index contributed by atoms with van der Waals surface area (Å²) in [7, 11) is -2.02. The minimum Gasteiger partial charge on any atom is -0.488 e. The normalized spacial score (nSPS) is 22.1. The Kier molecular flexibility index (Phi) is 3.70. The monoisotopic (exact) mass is 321 g/mol. The summed E-state index contributed by atoms with van der Waals surface area (Å²) in [4.78, 5) is 0. The van der Waals surface area contributed by atoms with Crippen LogP contribution < -0.4 is 9.46 Å². The quantitative estimate of drug-likeness (QED) is 0.929. The van der Waals surface area contributed by atoms with Gasteiger partial charge in [-0.2, -0.15) is 5.10 Å². The standard InChI is InChI=1S/C15H19N3O3S/c1-10-12-6-4-5-7-13(12)21-15(10)11(2)17-22(19,20)14-8-9-16-18(14)3/h4-11,15,17H,1-3H3. The zero-order valence-corrected chi connectivity index (χ0v) is 13.5. The Morgan fingerprint density at radius 2 is 2.05 bits per heavy atom. The first-order valence-electron chi connectivity index (χ1n) is 7.16.